The first-order chi connectivity index (χ1) is 7.12. The molecule has 2 nitrogen and oxygen atoms in total. The summed E-state index contributed by atoms with van der Waals surface area (Å²) in [6.45, 7) is 2.98. The van der Waals surface area contributed by atoms with E-state index in [9.17, 15) is 17.2 Å². The predicted octanol–water partition coefficient (Wildman–Crippen LogP) is 2.81. The minimum Gasteiger partial charge on any atom is -0.212 e. The SMILES string of the molecule is CC(C)(CS(=O)(=O)Cl)c1cc(F)ccc1F. The van der Waals surface area contributed by atoms with Gasteiger partial charge < -0.3 is 0 Å². The maximum Gasteiger partial charge on any atom is 0.233 e. The molecule has 0 saturated carbocycles. The Kier molecular flexibility index (Phi) is 3.59. The highest BCUT2D eigenvalue weighted by Gasteiger charge is 2.29. The summed E-state index contributed by atoms with van der Waals surface area (Å²) in [6.07, 6.45) is 0. The molecule has 0 fully saturated rings. The van der Waals surface area contributed by atoms with Crippen LogP contribution in [-0.4, -0.2) is 14.2 Å². The first-order valence-corrected chi connectivity index (χ1v) is 6.97. The smallest absolute Gasteiger partial charge is 0.212 e. The second-order valence-corrected chi connectivity index (χ2v) is 6.97. The molecule has 0 heterocycles. The Morgan fingerprint density at radius 1 is 1.31 bits per heavy atom. The molecule has 0 N–H and O–H groups in total. The van der Waals surface area contributed by atoms with Gasteiger partial charge in [0.2, 0.25) is 9.05 Å². The summed E-state index contributed by atoms with van der Waals surface area (Å²) in [5.74, 6) is -1.72. The standard InChI is InChI=1S/C10H11ClF2O2S/c1-10(2,6-16(11,14)15)8-5-7(12)3-4-9(8)13/h3-5H,6H2,1-2H3. The molecule has 0 radical (unpaired) electrons. The molecule has 90 valence electrons. The molecule has 1 aromatic rings. The molecule has 0 unspecified atom stereocenters. The van der Waals surface area contributed by atoms with Crippen molar-refractivity contribution in [2.75, 3.05) is 5.75 Å². The van der Waals surface area contributed by atoms with Gasteiger partial charge in [-0.05, 0) is 23.8 Å². The highest BCUT2D eigenvalue weighted by Crippen LogP contribution is 2.29. The van der Waals surface area contributed by atoms with Crippen LogP contribution in [0.2, 0.25) is 0 Å². The average Bonchev–Trinajstić information content (AvgIpc) is 2.04. The highest BCUT2D eigenvalue weighted by molar-refractivity contribution is 8.13. The molecular weight excluding hydrogens is 258 g/mol. The molecule has 0 bridgehead atoms. The topological polar surface area (TPSA) is 34.1 Å². The summed E-state index contributed by atoms with van der Waals surface area (Å²) in [4.78, 5) is 0. The summed E-state index contributed by atoms with van der Waals surface area (Å²) in [5, 5.41) is 0. The van der Waals surface area contributed by atoms with Gasteiger partial charge in [0.15, 0.2) is 0 Å². The molecule has 1 rings (SSSR count). The van der Waals surface area contributed by atoms with Gasteiger partial charge in [-0.3, -0.25) is 0 Å². The molecule has 6 heteroatoms. The van der Waals surface area contributed by atoms with Gasteiger partial charge in [0.05, 0.1) is 5.75 Å². The lowest BCUT2D eigenvalue weighted by Crippen LogP contribution is -2.27. The van der Waals surface area contributed by atoms with E-state index < -0.39 is 31.9 Å². The fraction of sp³-hybridized carbons (Fsp3) is 0.400. The van der Waals surface area contributed by atoms with Crippen LogP contribution in [0.15, 0.2) is 18.2 Å². The van der Waals surface area contributed by atoms with Crippen LogP contribution >= 0.6 is 10.7 Å². The van der Waals surface area contributed by atoms with Crippen molar-refractivity contribution >= 4 is 19.7 Å². The van der Waals surface area contributed by atoms with Gasteiger partial charge in [-0.25, -0.2) is 17.2 Å². The van der Waals surface area contributed by atoms with Crippen molar-refractivity contribution in [3.63, 3.8) is 0 Å². The number of rotatable bonds is 3. The number of hydrogen-bond acceptors (Lipinski definition) is 2. The third-order valence-electron chi connectivity index (χ3n) is 2.19. The summed E-state index contributed by atoms with van der Waals surface area (Å²) >= 11 is 0. The van der Waals surface area contributed by atoms with E-state index >= 15 is 0 Å². The van der Waals surface area contributed by atoms with Crippen LogP contribution in [0.3, 0.4) is 0 Å². The molecular formula is C10H11ClF2O2S. The zero-order valence-electron chi connectivity index (χ0n) is 8.80. The molecule has 0 aliphatic rings. The van der Waals surface area contributed by atoms with Crippen LogP contribution in [0, 0.1) is 11.6 Å². The van der Waals surface area contributed by atoms with Crippen molar-refractivity contribution in [2.24, 2.45) is 0 Å². The second-order valence-electron chi connectivity index (χ2n) is 4.19. The van der Waals surface area contributed by atoms with E-state index in [4.69, 9.17) is 10.7 Å². The fourth-order valence-electron chi connectivity index (χ4n) is 1.52. The minimum atomic E-state index is -3.78. The molecule has 1 aromatic carbocycles. The minimum absolute atomic E-state index is 0.00303. The molecule has 0 spiro atoms. The van der Waals surface area contributed by atoms with Gasteiger partial charge in [-0.2, -0.15) is 0 Å². The molecule has 0 saturated heterocycles. The zero-order valence-corrected chi connectivity index (χ0v) is 10.4. The Morgan fingerprint density at radius 3 is 2.38 bits per heavy atom. The van der Waals surface area contributed by atoms with E-state index in [1.165, 1.54) is 13.8 Å². The molecule has 0 aromatic heterocycles. The molecule has 16 heavy (non-hydrogen) atoms. The van der Waals surface area contributed by atoms with Gasteiger partial charge in [-0.1, -0.05) is 13.8 Å². The molecule has 0 atom stereocenters. The van der Waals surface area contributed by atoms with Gasteiger partial charge in [0, 0.05) is 16.1 Å². The highest BCUT2D eigenvalue weighted by atomic mass is 35.7. The third-order valence-corrected chi connectivity index (χ3v) is 3.58. The lowest BCUT2D eigenvalue weighted by molar-refractivity contribution is 0.506. The van der Waals surface area contributed by atoms with E-state index in [2.05, 4.69) is 0 Å². The van der Waals surface area contributed by atoms with Crippen molar-refractivity contribution in [3.05, 3.63) is 35.4 Å². The Morgan fingerprint density at radius 2 is 1.88 bits per heavy atom. The second kappa shape index (κ2) is 4.30. The van der Waals surface area contributed by atoms with Gasteiger partial charge in [0.25, 0.3) is 0 Å². The normalized spacial score (nSPS) is 12.8. The van der Waals surface area contributed by atoms with Crippen molar-refractivity contribution in [1.82, 2.24) is 0 Å². The van der Waals surface area contributed by atoms with Crippen molar-refractivity contribution in [3.8, 4) is 0 Å². The Bertz CT molecular complexity index is 498. The summed E-state index contributed by atoms with van der Waals surface area (Å²) in [5.41, 5.74) is -1.08. The van der Waals surface area contributed by atoms with Crippen LogP contribution in [0.5, 0.6) is 0 Å². The van der Waals surface area contributed by atoms with E-state index in [0.29, 0.717) is 0 Å². The van der Waals surface area contributed by atoms with Crippen molar-refractivity contribution in [1.29, 1.82) is 0 Å². The first-order valence-electron chi connectivity index (χ1n) is 4.50. The Hall–Kier alpha value is -0.680. The number of hydrogen-bond donors (Lipinski definition) is 0. The van der Waals surface area contributed by atoms with Crippen molar-refractivity contribution < 1.29 is 17.2 Å². The fourth-order valence-corrected chi connectivity index (χ4v) is 3.36. The lowest BCUT2D eigenvalue weighted by atomic mass is 9.86. The lowest BCUT2D eigenvalue weighted by Gasteiger charge is -2.23. The van der Waals surface area contributed by atoms with Crippen LogP contribution < -0.4 is 0 Å². The van der Waals surface area contributed by atoms with Gasteiger partial charge in [0.1, 0.15) is 11.6 Å². The van der Waals surface area contributed by atoms with Crippen LogP contribution in [0.25, 0.3) is 0 Å². The number of halogens is 3. The Balaban J connectivity index is 3.21. The monoisotopic (exact) mass is 268 g/mol. The van der Waals surface area contributed by atoms with Crippen molar-refractivity contribution in [2.45, 2.75) is 19.3 Å². The van der Waals surface area contributed by atoms with Gasteiger partial charge in [-0.15, -0.1) is 0 Å². The predicted molar refractivity (Wildman–Crippen MR) is 59.0 cm³/mol. The van der Waals surface area contributed by atoms with Gasteiger partial charge >= 0.3 is 0 Å². The Labute approximate surface area is 97.7 Å². The van der Waals surface area contributed by atoms with Crippen LogP contribution in [0.4, 0.5) is 8.78 Å². The summed E-state index contributed by atoms with van der Waals surface area (Å²) in [6, 6.07) is 2.93. The maximum absolute atomic E-state index is 13.4. The third kappa shape index (κ3) is 3.42. The summed E-state index contributed by atoms with van der Waals surface area (Å²) in [7, 11) is 1.34. The van der Waals surface area contributed by atoms with E-state index in [1.807, 2.05) is 0 Å². The maximum atomic E-state index is 13.4. The average molecular weight is 269 g/mol. The summed E-state index contributed by atoms with van der Waals surface area (Å²) < 4.78 is 48.3. The zero-order chi connectivity index (χ0) is 12.6. The molecule has 0 aliphatic heterocycles. The quantitative estimate of drug-likeness (QED) is 0.790. The number of benzene rings is 1. The molecule has 0 amide bonds. The van der Waals surface area contributed by atoms with E-state index in [1.54, 1.807) is 0 Å². The largest absolute Gasteiger partial charge is 0.233 e. The van der Waals surface area contributed by atoms with E-state index in [-0.39, 0.29) is 5.56 Å². The molecule has 0 aliphatic carbocycles. The van der Waals surface area contributed by atoms with E-state index in [0.717, 1.165) is 18.2 Å². The van der Waals surface area contributed by atoms with Crippen LogP contribution in [-0.2, 0) is 14.5 Å². The first kappa shape index (κ1) is 13.4. The van der Waals surface area contributed by atoms with Crippen LogP contribution in [0.1, 0.15) is 19.4 Å².